The summed E-state index contributed by atoms with van der Waals surface area (Å²) in [6.07, 6.45) is 1.97. The summed E-state index contributed by atoms with van der Waals surface area (Å²) in [5, 5.41) is 3.05. The Bertz CT molecular complexity index is 762. The molecule has 28 heavy (non-hydrogen) atoms. The zero-order valence-corrected chi connectivity index (χ0v) is 17.4. The molecule has 0 saturated carbocycles. The zero-order valence-electron chi connectivity index (χ0n) is 17.4. The number of amides is 1. The minimum Gasteiger partial charge on any atom is -0.481 e. The summed E-state index contributed by atoms with van der Waals surface area (Å²) in [6.45, 7) is 10.4. The van der Waals surface area contributed by atoms with E-state index in [0.717, 1.165) is 24.6 Å². The molecule has 150 valence electrons. The van der Waals surface area contributed by atoms with Crippen LogP contribution in [-0.4, -0.2) is 25.1 Å². The van der Waals surface area contributed by atoms with E-state index < -0.39 is 6.10 Å². The van der Waals surface area contributed by atoms with Crippen LogP contribution in [0, 0.1) is 12.8 Å². The first-order valence-electron chi connectivity index (χ1n) is 10.3. The molecule has 2 aromatic rings. The highest BCUT2D eigenvalue weighted by atomic mass is 16.5. The van der Waals surface area contributed by atoms with Crippen molar-refractivity contribution in [3.8, 4) is 5.75 Å². The number of nitrogens with zero attached hydrogens (tertiary/aromatic N) is 1. The van der Waals surface area contributed by atoms with Crippen LogP contribution in [0.4, 0.5) is 5.69 Å². The van der Waals surface area contributed by atoms with Crippen LogP contribution in [0.5, 0.6) is 5.75 Å². The fourth-order valence-electron chi connectivity index (χ4n) is 3.53. The van der Waals surface area contributed by atoms with Crippen molar-refractivity contribution in [3.63, 3.8) is 0 Å². The van der Waals surface area contributed by atoms with Crippen LogP contribution in [-0.2, 0) is 4.79 Å². The molecule has 0 bridgehead atoms. The number of anilines is 1. The number of rotatable bonds is 6. The normalized spacial score (nSPS) is 17.1. The Morgan fingerprint density at radius 2 is 1.64 bits per heavy atom. The Hall–Kier alpha value is -2.49. The second kappa shape index (κ2) is 9.13. The number of aryl methyl sites for hydroxylation is 1. The van der Waals surface area contributed by atoms with Crippen LogP contribution in [0.1, 0.15) is 50.8 Å². The lowest BCUT2D eigenvalue weighted by Gasteiger charge is -2.32. The van der Waals surface area contributed by atoms with Gasteiger partial charge in [0.15, 0.2) is 6.10 Å². The molecule has 2 unspecified atom stereocenters. The fraction of sp³-hybridized carbons (Fsp3) is 0.458. The van der Waals surface area contributed by atoms with Crippen molar-refractivity contribution in [2.24, 2.45) is 5.92 Å². The van der Waals surface area contributed by atoms with Crippen LogP contribution in [0.15, 0.2) is 48.5 Å². The van der Waals surface area contributed by atoms with Crippen LogP contribution >= 0.6 is 0 Å². The summed E-state index contributed by atoms with van der Waals surface area (Å²) in [6, 6.07) is 16.2. The zero-order chi connectivity index (χ0) is 20.1. The summed E-state index contributed by atoms with van der Waals surface area (Å²) >= 11 is 0. The highest BCUT2D eigenvalue weighted by Gasteiger charge is 2.19. The van der Waals surface area contributed by atoms with Crippen molar-refractivity contribution in [3.05, 3.63) is 59.7 Å². The summed E-state index contributed by atoms with van der Waals surface area (Å²) in [5.41, 5.74) is 3.54. The predicted octanol–water partition coefficient (Wildman–Crippen LogP) is 4.88. The number of carbonyl (C=O) groups is 1. The van der Waals surface area contributed by atoms with Gasteiger partial charge in [-0.1, -0.05) is 36.8 Å². The number of ether oxygens (including phenoxy) is 1. The van der Waals surface area contributed by atoms with Crippen molar-refractivity contribution in [2.75, 3.05) is 18.0 Å². The number of benzene rings is 2. The van der Waals surface area contributed by atoms with Gasteiger partial charge < -0.3 is 15.0 Å². The Kier molecular flexibility index (Phi) is 6.61. The second-order valence-corrected chi connectivity index (χ2v) is 8.06. The lowest BCUT2D eigenvalue weighted by molar-refractivity contribution is -0.127. The van der Waals surface area contributed by atoms with Gasteiger partial charge in [0.1, 0.15) is 5.75 Å². The maximum absolute atomic E-state index is 12.5. The van der Waals surface area contributed by atoms with Gasteiger partial charge in [0.05, 0.1) is 6.04 Å². The first-order chi connectivity index (χ1) is 13.4. The number of hydrogen-bond donors (Lipinski definition) is 1. The van der Waals surface area contributed by atoms with Gasteiger partial charge in [0, 0.05) is 18.8 Å². The van der Waals surface area contributed by atoms with Gasteiger partial charge in [-0.05, 0) is 69.4 Å². The molecular weight excluding hydrogens is 348 g/mol. The number of piperidine rings is 1. The van der Waals surface area contributed by atoms with E-state index in [1.165, 1.54) is 24.1 Å². The van der Waals surface area contributed by atoms with Gasteiger partial charge in [0.2, 0.25) is 0 Å². The molecule has 1 aliphatic heterocycles. The van der Waals surface area contributed by atoms with E-state index in [1.54, 1.807) is 6.92 Å². The Morgan fingerprint density at radius 3 is 2.25 bits per heavy atom. The smallest absolute Gasteiger partial charge is 0.261 e. The van der Waals surface area contributed by atoms with Crippen molar-refractivity contribution in [2.45, 2.75) is 52.7 Å². The maximum Gasteiger partial charge on any atom is 0.261 e. The minimum atomic E-state index is -0.542. The van der Waals surface area contributed by atoms with Crippen molar-refractivity contribution in [1.29, 1.82) is 0 Å². The number of nitrogens with one attached hydrogen (secondary N) is 1. The molecule has 2 aromatic carbocycles. The molecule has 4 heteroatoms. The van der Waals surface area contributed by atoms with Crippen molar-refractivity contribution < 1.29 is 9.53 Å². The number of hydrogen-bond acceptors (Lipinski definition) is 3. The standard InChI is InChI=1S/C24H32N2O2/c1-17-5-11-23(12-6-17)28-20(4)24(27)25-19(3)21-7-9-22(10-8-21)26-15-13-18(2)14-16-26/h5-12,18-20H,13-16H2,1-4H3,(H,25,27). The molecule has 3 rings (SSSR count). The third-order valence-electron chi connectivity index (χ3n) is 5.60. The molecule has 1 heterocycles. The number of carbonyl (C=O) groups excluding carboxylic acids is 1. The first-order valence-corrected chi connectivity index (χ1v) is 10.3. The SMILES string of the molecule is Cc1ccc(OC(C)C(=O)NC(C)c2ccc(N3CCC(C)CC3)cc2)cc1. The van der Waals surface area contributed by atoms with Crippen LogP contribution in [0.3, 0.4) is 0 Å². The quantitative estimate of drug-likeness (QED) is 0.777. The highest BCUT2D eigenvalue weighted by molar-refractivity contribution is 5.81. The monoisotopic (exact) mass is 380 g/mol. The molecular formula is C24H32N2O2. The Labute approximate surface area is 168 Å². The average Bonchev–Trinajstić information content (AvgIpc) is 2.70. The van der Waals surface area contributed by atoms with Gasteiger partial charge in [-0.2, -0.15) is 0 Å². The summed E-state index contributed by atoms with van der Waals surface area (Å²) in [7, 11) is 0. The lowest BCUT2D eigenvalue weighted by Crippen LogP contribution is -2.37. The average molecular weight is 381 g/mol. The van der Waals surface area contributed by atoms with E-state index >= 15 is 0 Å². The molecule has 4 nitrogen and oxygen atoms in total. The first kappa shape index (κ1) is 20.2. The molecule has 0 spiro atoms. The van der Waals surface area contributed by atoms with Crippen LogP contribution in [0.2, 0.25) is 0 Å². The molecule has 1 aliphatic rings. The van der Waals surface area contributed by atoms with E-state index in [4.69, 9.17) is 4.74 Å². The predicted molar refractivity (Wildman–Crippen MR) is 115 cm³/mol. The molecule has 1 amide bonds. The minimum absolute atomic E-state index is 0.0630. The molecule has 1 N–H and O–H groups in total. The molecule has 2 atom stereocenters. The molecule has 1 fully saturated rings. The van der Waals surface area contributed by atoms with Gasteiger partial charge in [-0.3, -0.25) is 4.79 Å². The maximum atomic E-state index is 12.5. The third-order valence-corrected chi connectivity index (χ3v) is 5.60. The van der Waals surface area contributed by atoms with E-state index in [0.29, 0.717) is 5.75 Å². The largest absolute Gasteiger partial charge is 0.481 e. The van der Waals surface area contributed by atoms with Crippen LogP contribution in [0.25, 0.3) is 0 Å². The van der Waals surface area contributed by atoms with E-state index in [-0.39, 0.29) is 11.9 Å². The molecule has 1 saturated heterocycles. The Balaban J connectivity index is 1.53. The summed E-state index contributed by atoms with van der Waals surface area (Å²) in [4.78, 5) is 14.9. The topological polar surface area (TPSA) is 41.6 Å². The highest BCUT2D eigenvalue weighted by Crippen LogP contribution is 2.24. The van der Waals surface area contributed by atoms with Gasteiger partial charge in [-0.25, -0.2) is 0 Å². The fourth-order valence-corrected chi connectivity index (χ4v) is 3.53. The molecule has 0 radical (unpaired) electrons. The van der Waals surface area contributed by atoms with Gasteiger partial charge >= 0.3 is 0 Å². The van der Waals surface area contributed by atoms with Crippen LogP contribution < -0.4 is 15.0 Å². The summed E-state index contributed by atoms with van der Waals surface area (Å²) < 4.78 is 5.76. The Morgan fingerprint density at radius 1 is 1.04 bits per heavy atom. The van der Waals surface area contributed by atoms with Crippen molar-refractivity contribution >= 4 is 11.6 Å². The van der Waals surface area contributed by atoms with Gasteiger partial charge in [-0.15, -0.1) is 0 Å². The molecule has 0 aliphatic carbocycles. The van der Waals surface area contributed by atoms with Crippen molar-refractivity contribution in [1.82, 2.24) is 5.32 Å². The second-order valence-electron chi connectivity index (χ2n) is 8.06. The summed E-state index contributed by atoms with van der Waals surface area (Å²) in [5.74, 6) is 1.43. The lowest BCUT2D eigenvalue weighted by atomic mass is 9.98. The van der Waals surface area contributed by atoms with E-state index in [9.17, 15) is 4.79 Å². The third kappa shape index (κ3) is 5.28. The molecule has 0 aromatic heterocycles. The van der Waals surface area contributed by atoms with E-state index in [2.05, 4.69) is 41.4 Å². The van der Waals surface area contributed by atoms with Gasteiger partial charge in [0.25, 0.3) is 5.91 Å². The van der Waals surface area contributed by atoms with E-state index in [1.807, 2.05) is 38.1 Å².